The van der Waals surface area contributed by atoms with Crippen LogP contribution in [-0.2, 0) is 11.2 Å². The summed E-state index contributed by atoms with van der Waals surface area (Å²) in [5.41, 5.74) is 1.37. The molecule has 1 aliphatic rings. The van der Waals surface area contributed by atoms with Gasteiger partial charge in [-0.3, -0.25) is 9.59 Å². The van der Waals surface area contributed by atoms with Crippen LogP contribution in [0.2, 0.25) is 10.0 Å². The minimum atomic E-state index is -0.0729. The largest absolute Gasteiger partial charge is 0.496 e. The zero-order chi connectivity index (χ0) is 20.1. The molecule has 1 fully saturated rings. The average molecular weight is 421 g/mol. The molecular weight excluding hydrogens is 399 g/mol. The van der Waals surface area contributed by atoms with Crippen LogP contribution < -0.4 is 4.74 Å². The Morgan fingerprint density at radius 2 is 1.68 bits per heavy atom. The molecule has 0 radical (unpaired) electrons. The van der Waals surface area contributed by atoms with Crippen LogP contribution in [0.25, 0.3) is 0 Å². The van der Waals surface area contributed by atoms with Crippen molar-refractivity contribution in [2.24, 2.45) is 0 Å². The van der Waals surface area contributed by atoms with E-state index in [1.807, 2.05) is 12.1 Å². The number of halogens is 2. The Bertz CT molecular complexity index is 872. The first-order chi connectivity index (χ1) is 13.5. The normalized spacial score (nSPS) is 14.5. The van der Waals surface area contributed by atoms with Crippen LogP contribution in [-0.4, -0.2) is 54.9 Å². The Hall–Kier alpha value is -2.24. The number of hydrogen-bond donors (Lipinski definition) is 0. The molecule has 0 bridgehead atoms. The first kappa shape index (κ1) is 20.5. The molecule has 148 valence electrons. The minimum absolute atomic E-state index is 0.0185. The molecule has 1 saturated heterocycles. The number of rotatable bonds is 4. The summed E-state index contributed by atoms with van der Waals surface area (Å²) >= 11 is 12.0. The maximum absolute atomic E-state index is 12.9. The quantitative estimate of drug-likeness (QED) is 0.752. The van der Waals surface area contributed by atoms with E-state index in [1.165, 1.54) is 0 Å². The van der Waals surface area contributed by atoms with Crippen molar-refractivity contribution in [1.29, 1.82) is 0 Å². The monoisotopic (exact) mass is 420 g/mol. The first-order valence-corrected chi connectivity index (χ1v) is 9.89. The second kappa shape index (κ2) is 9.30. The van der Waals surface area contributed by atoms with Crippen molar-refractivity contribution >= 4 is 35.0 Å². The van der Waals surface area contributed by atoms with Gasteiger partial charge in [-0.15, -0.1) is 0 Å². The summed E-state index contributed by atoms with van der Waals surface area (Å²) in [4.78, 5) is 29.2. The van der Waals surface area contributed by atoms with E-state index in [2.05, 4.69) is 0 Å². The summed E-state index contributed by atoms with van der Waals surface area (Å²) in [5.74, 6) is 0.505. The van der Waals surface area contributed by atoms with E-state index in [0.29, 0.717) is 47.5 Å². The third kappa shape index (κ3) is 4.78. The molecule has 5 nitrogen and oxygen atoms in total. The van der Waals surface area contributed by atoms with Crippen molar-refractivity contribution in [2.45, 2.75) is 12.8 Å². The number of amides is 2. The molecule has 0 aliphatic carbocycles. The summed E-state index contributed by atoms with van der Waals surface area (Å²) in [6.07, 6.45) is 0.991. The van der Waals surface area contributed by atoms with Crippen molar-refractivity contribution in [3.05, 3.63) is 63.6 Å². The van der Waals surface area contributed by atoms with E-state index in [9.17, 15) is 9.59 Å². The molecule has 2 aromatic carbocycles. The Labute approximate surface area is 174 Å². The highest BCUT2D eigenvalue weighted by molar-refractivity contribution is 6.42. The lowest BCUT2D eigenvalue weighted by atomic mass is 10.1. The van der Waals surface area contributed by atoms with E-state index in [-0.39, 0.29) is 18.2 Å². The van der Waals surface area contributed by atoms with Crippen molar-refractivity contribution in [2.75, 3.05) is 33.3 Å². The van der Waals surface area contributed by atoms with Crippen LogP contribution in [0.15, 0.2) is 42.5 Å². The Kier molecular flexibility index (Phi) is 6.81. The zero-order valence-electron chi connectivity index (χ0n) is 15.7. The number of ether oxygens (including phenoxy) is 1. The predicted molar refractivity (Wildman–Crippen MR) is 110 cm³/mol. The van der Waals surface area contributed by atoms with Gasteiger partial charge < -0.3 is 14.5 Å². The van der Waals surface area contributed by atoms with Gasteiger partial charge in [-0.25, -0.2) is 0 Å². The topological polar surface area (TPSA) is 49.9 Å². The molecule has 2 aromatic rings. The zero-order valence-corrected chi connectivity index (χ0v) is 17.2. The number of nitrogens with zero attached hydrogens (tertiary/aromatic N) is 2. The van der Waals surface area contributed by atoms with Gasteiger partial charge in [0.05, 0.1) is 29.1 Å². The van der Waals surface area contributed by atoms with Crippen molar-refractivity contribution in [1.82, 2.24) is 9.80 Å². The maximum Gasteiger partial charge on any atom is 0.257 e. The van der Waals surface area contributed by atoms with Gasteiger partial charge >= 0.3 is 0 Å². The van der Waals surface area contributed by atoms with E-state index in [4.69, 9.17) is 27.9 Å². The maximum atomic E-state index is 12.9. The molecule has 0 atom stereocenters. The molecule has 0 unspecified atom stereocenters. The lowest BCUT2D eigenvalue weighted by molar-refractivity contribution is -0.130. The predicted octanol–water partition coefficient (Wildman–Crippen LogP) is 3.92. The number of para-hydroxylation sites is 1. The molecule has 0 N–H and O–H groups in total. The smallest absolute Gasteiger partial charge is 0.257 e. The van der Waals surface area contributed by atoms with Crippen LogP contribution in [0.4, 0.5) is 0 Å². The van der Waals surface area contributed by atoms with Crippen LogP contribution in [0.3, 0.4) is 0 Å². The second-order valence-electron chi connectivity index (χ2n) is 6.65. The van der Waals surface area contributed by atoms with Gasteiger partial charge in [0.25, 0.3) is 5.91 Å². The molecule has 2 amide bonds. The summed E-state index contributed by atoms with van der Waals surface area (Å²) < 4.78 is 5.30. The summed E-state index contributed by atoms with van der Waals surface area (Å²) in [7, 11) is 1.55. The second-order valence-corrected chi connectivity index (χ2v) is 7.47. The fourth-order valence-electron chi connectivity index (χ4n) is 3.30. The Morgan fingerprint density at radius 1 is 0.964 bits per heavy atom. The summed E-state index contributed by atoms with van der Waals surface area (Å²) in [5, 5.41) is 0.912. The fraction of sp³-hybridized carbons (Fsp3) is 0.333. The Balaban J connectivity index is 1.63. The van der Waals surface area contributed by atoms with E-state index in [0.717, 1.165) is 12.0 Å². The molecular formula is C21H22Cl2N2O3. The van der Waals surface area contributed by atoms with E-state index >= 15 is 0 Å². The Morgan fingerprint density at radius 3 is 2.43 bits per heavy atom. The van der Waals surface area contributed by atoms with Gasteiger partial charge in [-0.1, -0.05) is 41.4 Å². The van der Waals surface area contributed by atoms with Crippen molar-refractivity contribution in [3.8, 4) is 5.75 Å². The molecule has 0 saturated carbocycles. The molecule has 7 heteroatoms. The van der Waals surface area contributed by atoms with Gasteiger partial charge in [0, 0.05) is 26.2 Å². The molecule has 1 heterocycles. The third-order valence-corrected chi connectivity index (χ3v) is 5.55. The van der Waals surface area contributed by atoms with Crippen molar-refractivity contribution in [3.63, 3.8) is 0 Å². The highest BCUT2D eigenvalue weighted by Gasteiger charge is 2.24. The SMILES string of the molecule is COc1ccccc1C(=O)N1CCCN(C(=O)Cc2ccc(Cl)c(Cl)c2)CC1. The summed E-state index contributed by atoms with van der Waals surface area (Å²) in [6.45, 7) is 2.22. The number of carbonyl (C=O) groups is 2. The minimum Gasteiger partial charge on any atom is -0.496 e. The standard InChI is InChI=1S/C21H22Cl2N2O3/c1-28-19-6-3-2-5-16(19)21(27)25-10-4-9-24(11-12-25)20(26)14-15-7-8-17(22)18(23)13-15/h2-3,5-8,13H,4,9-12,14H2,1H3. The number of hydrogen-bond acceptors (Lipinski definition) is 3. The molecule has 0 aromatic heterocycles. The first-order valence-electron chi connectivity index (χ1n) is 9.13. The van der Waals surface area contributed by atoms with Crippen molar-refractivity contribution < 1.29 is 14.3 Å². The highest BCUT2D eigenvalue weighted by Crippen LogP contribution is 2.23. The lowest BCUT2D eigenvalue weighted by Crippen LogP contribution is -2.38. The highest BCUT2D eigenvalue weighted by atomic mass is 35.5. The van der Waals surface area contributed by atoms with Crippen LogP contribution in [0.5, 0.6) is 5.75 Å². The van der Waals surface area contributed by atoms with Gasteiger partial charge in [0.1, 0.15) is 5.75 Å². The fourth-order valence-corrected chi connectivity index (χ4v) is 3.62. The molecule has 1 aliphatic heterocycles. The molecule has 3 rings (SSSR count). The van der Waals surface area contributed by atoms with E-state index < -0.39 is 0 Å². The van der Waals surface area contributed by atoms with Gasteiger partial charge in [-0.05, 0) is 36.2 Å². The number of benzene rings is 2. The van der Waals surface area contributed by atoms with E-state index in [1.54, 1.807) is 47.2 Å². The lowest BCUT2D eigenvalue weighted by Gasteiger charge is -2.23. The van der Waals surface area contributed by atoms with Gasteiger partial charge in [0.2, 0.25) is 5.91 Å². The third-order valence-electron chi connectivity index (χ3n) is 4.81. The number of methoxy groups -OCH3 is 1. The van der Waals surface area contributed by atoms with Gasteiger partial charge in [-0.2, -0.15) is 0 Å². The van der Waals surface area contributed by atoms with Crippen LogP contribution >= 0.6 is 23.2 Å². The number of carbonyl (C=O) groups excluding carboxylic acids is 2. The van der Waals surface area contributed by atoms with Crippen LogP contribution in [0, 0.1) is 0 Å². The average Bonchev–Trinajstić information content (AvgIpc) is 2.96. The van der Waals surface area contributed by atoms with Gasteiger partial charge in [0.15, 0.2) is 0 Å². The molecule has 28 heavy (non-hydrogen) atoms. The van der Waals surface area contributed by atoms with Crippen LogP contribution in [0.1, 0.15) is 22.3 Å². The molecule has 0 spiro atoms. The summed E-state index contributed by atoms with van der Waals surface area (Å²) in [6, 6.07) is 12.4.